The first-order valence-corrected chi connectivity index (χ1v) is 20.7. The molecule has 0 aliphatic rings. The summed E-state index contributed by atoms with van der Waals surface area (Å²) in [5.41, 5.74) is 13.6. The van der Waals surface area contributed by atoms with Gasteiger partial charge in [-0.2, -0.15) is 0 Å². The molecule has 5 nitrogen and oxygen atoms in total. The number of rotatable bonds is 9. The average Bonchev–Trinajstić information content (AvgIpc) is 3.86. The van der Waals surface area contributed by atoms with Gasteiger partial charge in [0.2, 0.25) is 0 Å². The highest BCUT2D eigenvalue weighted by atomic mass is 16.3. The van der Waals surface area contributed by atoms with Crippen LogP contribution in [0, 0.1) is 0 Å². The fraction of sp³-hybridized carbons (Fsp3) is 0.0727. The van der Waals surface area contributed by atoms with E-state index >= 15 is 0 Å². The Morgan fingerprint density at radius 1 is 0.433 bits per heavy atom. The molecule has 0 amide bonds. The molecule has 0 spiro atoms. The topological polar surface area (TPSA) is 56.7 Å². The average molecular weight is 773 g/mol. The standard InChI is InChI=1S/C55H40N4O/c1-2-3-16-36-27-30-46-47-25-15-24-43(52(47)60-51(46)33-36)40-28-32-45-44-23-13-14-26-48(44)59(50(45)34-40)49-35-41(29-31-42(49)37-17-7-4-8-18-37)55-57-53(38-19-9-5-10-20-38)56-54(58-55)39-21-11-6-12-22-39/h4-15,17-35H,2-3,16H2,1H3. The van der Waals surface area contributed by atoms with Crippen molar-refractivity contribution in [1.29, 1.82) is 0 Å². The number of nitrogens with zero attached hydrogens (tertiary/aromatic N) is 4. The first-order chi connectivity index (χ1) is 29.7. The van der Waals surface area contributed by atoms with E-state index in [2.05, 4.69) is 139 Å². The molecule has 0 aliphatic carbocycles. The first-order valence-electron chi connectivity index (χ1n) is 20.7. The number of furan rings is 1. The second-order valence-electron chi connectivity index (χ2n) is 15.4. The maximum Gasteiger partial charge on any atom is 0.164 e. The molecule has 11 rings (SSSR count). The van der Waals surface area contributed by atoms with Crippen LogP contribution in [0.15, 0.2) is 192 Å². The van der Waals surface area contributed by atoms with Gasteiger partial charge < -0.3 is 8.98 Å². The van der Waals surface area contributed by atoms with Crippen LogP contribution in [0.25, 0.3) is 106 Å². The number of hydrogen-bond acceptors (Lipinski definition) is 4. The Hall–Kier alpha value is -7.63. The molecule has 5 heteroatoms. The van der Waals surface area contributed by atoms with Gasteiger partial charge in [-0.25, -0.2) is 15.0 Å². The van der Waals surface area contributed by atoms with Crippen molar-refractivity contribution in [3.63, 3.8) is 0 Å². The van der Waals surface area contributed by atoms with Crippen LogP contribution in [0.2, 0.25) is 0 Å². The highest BCUT2D eigenvalue weighted by Gasteiger charge is 2.21. The van der Waals surface area contributed by atoms with Crippen molar-refractivity contribution in [2.24, 2.45) is 0 Å². The quantitative estimate of drug-likeness (QED) is 0.147. The summed E-state index contributed by atoms with van der Waals surface area (Å²) in [7, 11) is 0. The summed E-state index contributed by atoms with van der Waals surface area (Å²) in [6.07, 6.45) is 3.39. The Morgan fingerprint density at radius 2 is 1.03 bits per heavy atom. The molecular weight excluding hydrogens is 733 g/mol. The third kappa shape index (κ3) is 6.23. The predicted molar refractivity (Wildman–Crippen MR) is 247 cm³/mol. The lowest BCUT2D eigenvalue weighted by molar-refractivity contribution is 0.668. The number of aromatic nitrogens is 4. The number of aryl methyl sites for hydroxylation is 1. The van der Waals surface area contributed by atoms with E-state index in [-0.39, 0.29) is 0 Å². The Labute approximate surface area is 348 Å². The minimum Gasteiger partial charge on any atom is -0.455 e. The molecular formula is C55H40N4O. The molecule has 0 saturated heterocycles. The van der Waals surface area contributed by atoms with E-state index in [4.69, 9.17) is 19.4 Å². The molecule has 0 bridgehead atoms. The molecule has 0 unspecified atom stereocenters. The number of benzene rings is 8. The zero-order valence-corrected chi connectivity index (χ0v) is 33.2. The summed E-state index contributed by atoms with van der Waals surface area (Å²) >= 11 is 0. The van der Waals surface area contributed by atoms with Crippen molar-refractivity contribution < 1.29 is 4.42 Å². The molecule has 0 N–H and O–H groups in total. The molecule has 0 atom stereocenters. The number of hydrogen-bond donors (Lipinski definition) is 0. The monoisotopic (exact) mass is 772 g/mol. The number of fused-ring (bicyclic) bond motifs is 6. The third-order valence-electron chi connectivity index (χ3n) is 11.6. The SMILES string of the molecule is CCCCc1ccc2c(c1)oc1c(-c3ccc4c5ccccc5n(-c5cc(-c6nc(-c7ccccc7)nc(-c7ccccc7)n6)ccc5-c5ccccc5)c4c3)cccc12. The van der Waals surface area contributed by atoms with Gasteiger partial charge in [-0.15, -0.1) is 0 Å². The van der Waals surface area contributed by atoms with Crippen LogP contribution < -0.4 is 0 Å². The van der Waals surface area contributed by atoms with Gasteiger partial charge in [0.25, 0.3) is 0 Å². The van der Waals surface area contributed by atoms with Crippen LogP contribution in [-0.2, 0) is 6.42 Å². The van der Waals surface area contributed by atoms with E-state index < -0.39 is 0 Å². The van der Waals surface area contributed by atoms with Crippen LogP contribution in [-0.4, -0.2) is 19.5 Å². The summed E-state index contributed by atoms with van der Waals surface area (Å²) in [5, 5.41) is 4.64. The molecule has 60 heavy (non-hydrogen) atoms. The third-order valence-corrected chi connectivity index (χ3v) is 11.6. The van der Waals surface area contributed by atoms with Gasteiger partial charge in [-0.1, -0.05) is 177 Å². The van der Waals surface area contributed by atoms with E-state index in [1.54, 1.807) is 0 Å². The lowest BCUT2D eigenvalue weighted by Gasteiger charge is -2.17. The van der Waals surface area contributed by atoms with Crippen molar-refractivity contribution in [1.82, 2.24) is 19.5 Å². The van der Waals surface area contributed by atoms with Crippen molar-refractivity contribution >= 4 is 43.7 Å². The summed E-state index contributed by atoms with van der Waals surface area (Å²) in [6, 6.07) is 66.2. The second kappa shape index (κ2) is 14.9. The highest BCUT2D eigenvalue weighted by molar-refractivity contribution is 6.13. The molecule has 0 fully saturated rings. The first kappa shape index (κ1) is 35.5. The maximum atomic E-state index is 6.74. The van der Waals surface area contributed by atoms with Gasteiger partial charge in [-0.05, 0) is 53.8 Å². The Morgan fingerprint density at radius 3 is 1.75 bits per heavy atom. The van der Waals surface area contributed by atoms with Crippen LogP contribution in [0.4, 0.5) is 0 Å². The van der Waals surface area contributed by atoms with Crippen molar-refractivity contribution in [3.05, 3.63) is 194 Å². The summed E-state index contributed by atoms with van der Waals surface area (Å²) in [5.74, 6) is 1.87. The molecule has 286 valence electrons. The lowest BCUT2D eigenvalue weighted by atomic mass is 9.99. The fourth-order valence-electron chi connectivity index (χ4n) is 8.66. The van der Waals surface area contributed by atoms with Crippen LogP contribution in [0.3, 0.4) is 0 Å². The van der Waals surface area contributed by atoms with Gasteiger partial charge in [-0.3, -0.25) is 0 Å². The van der Waals surface area contributed by atoms with Gasteiger partial charge in [0.05, 0.1) is 16.7 Å². The zero-order chi connectivity index (χ0) is 40.0. The molecule has 8 aromatic carbocycles. The minimum absolute atomic E-state index is 0.611. The largest absolute Gasteiger partial charge is 0.455 e. The van der Waals surface area contributed by atoms with E-state index in [1.807, 2.05) is 60.7 Å². The molecule has 0 saturated carbocycles. The molecule has 3 aromatic heterocycles. The Bertz CT molecular complexity index is 3290. The second-order valence-corrected chi connectivity index (χ2v) is 15.4. The smallest absolute Gasteiger partial charge is 0.164 e. The summed E-state index contributed by atoms with van der Waals surface area (Å²) in [4.78, 5) is 15.2. The number of para-hydroxylation sites is 2. The van der Waals surface area contributed by atoms with Gasteiger partial charge >= 0.3 is 0 Å². The van der Waals surface area contributed by atoms with E-state index in [0.29, 0.717) is 17.5 Å². The van der Waals surface area contributed by atoms with Crippen molar-refractivity contribution in [3.8, 4) is 62.1 Å². The predicted octanol–water partition coefficient (Wildman–Crippen LogP) is 14.5. The van der Waals surface area contributed by atoms with Crippen LogP contribution in [0.5, 0.6) is 0 Å². The van der Waals surface area contributed by atoms with Gasteiger partial charge in [0.15, 0.2) is 17.5 Å². The summed E-state index contributed by atoms with van der Waals surface area (Å²) < 4.78 is 9.16. The van der Waals surface area contributed by atoms with Gasteiger partial charge in [0, 0.05) is 49.4 Å². The fourth-order valence-corrected chi connectivity index (χ4v) is 8.66. The number of unbranched alkanes of at least 4 members (excludes halogenated alkanes) is 1. The van der Waals surface area contributed by atoms with Crippen molar-refractivity contribution in [2.75, 3.05) is 0 Å². The van der Waals surface area contributed by atoms with E-state index in [0.717, 1.165) is 84.0 Å². The van der Waals surface area contributed by atoms with Crippen LogP contribution >= 0.6 is 0 Å². The maximum absolute atomic E-state index is 6.74. The van der Waals surface area contributed by atoms with Crippen LogP contribution in [0.1, 0.15) is 25.3 Å². The minimum atomic E-state index is 0.611. The lowest BCUT2D eigenvalue weighted by Crippen LogP contribution is -2.02. The summed E-state index contributed by atoms with van der Waals surface area (Å²) in [6.45, 7) is 2.24. The molecule has 3 heterocycles. The van der Waals surface area contributed by atoms with E-state index in [9.17, 15) is 0 Å². The highest BCUT2D eigenvalue weighted by Crippen LogP contribution is 2.42. The molecule has 0 aliphatic heterocycles. The Kier molecular flexibility index (Phi) is 8.85. The normalized spacial score (nSPS) is 11.6. The van der Waals surface area contributed by atoms with Crippen molar-refractivity contribution in [2.45, 2.75) is 26.2 Å². The molecule has 11 aromatic rings. The zero-order valence-electron chi connectivity index (χ0n) is 33.2. The van der Waals surface area contributed by atoms with E-state index in [1.165, 1.54) is 29.2 Å². The van der Waals surface area contributed by atoms with Gasteiger partial charge in [0.1, 0.15) is 11.2 Å². The molecule has 0 radical (unpaired) electrons. The Balaban J connectivity index is 1.14.